The van der Waals surface area contributed by atoms with Crippen LogP contribution in [0.1, 0.15) is 58.3 Å². The van der Waals surface area contributed by atoms with E-state index in [1.54, 1.807) is 0 Å². The van der Waals surface area contributed by atoms with Crippen LogP contribution in [0, 0.1) is 23.7 Å². The monoisotopic (exact) mass is 253 g/mol. The van der Waals surface area contributed by atoms with Crippen LogP contribution < -0.4 is 5.32 Å². The van der Waals surface area contributed by atoms with E-state index in [2.05, 4.69) is 12.2 Å². The lowest BCUT2D eigenvalue weighted by atomic mass is 9.79. The molecule has 0 aliphatic heterocycles. The Hall–Kier alpha value is -0.0800. The molecule has 0 heterocycles. The van der Waals surface area contributed by atoms with Gasteiger partial charge in [-0.15, -0.1) is 0 Å². The minimum absolute atomic E-state index is 0.396. The van der Waals surface area contributed by atoms with E-state index in [-0.39, 0.29) is 0 Å². The maximum absolute atomic E-state index is 9.41. The second-order valence-electron chi connectivity index (χ2n) is 6.77. The zero-order valence-electron chi connectivity index (χ0n) is 12.0. The van der Waals surface area contributed by atoms with Gasteiger partial charge in [-0.3, -0.25) is 0 Å². The first-order valence-electron chi connectivity index (χ1n) is 8.11. The van der Waals surface area contributed by atoms with Crippen LogP contribution in [0.5, 0.6) is 0 Å². The molecule has 0 aromatic rings. The first-order valence-corrected chi connectivity index (χ1v) is 8.11. The van der Waals surface area contributed by atoms with Crippen molar-refractivity contribution in [1.29, 1.82) is 0 Å². The van der Waals surface area contributed by atoms with Gasteiger partial charge in [0.05, 0.1) is 0 Å². The van der Waals surface area contributed by atoms with E-state index in [0.29, 0.717) is 12.5 Å². The molecule has 0 radical (unpaired) electrons. The van der Waals surface area contributed by atoms with E-state index in [1.807, 2.05) is 0 Å². The molecule has 2 N–H and O–H groups in total. The van der Waals surface area contributed by atoms with Gasteiger partial charge in [-0.1, -0.05) is 32.6 Å². The van der Waals surface area contributed by atoms with Gasteiger partial charge in [-0.05, 0) is 62.4 Å². The molecule has 2 heteroatoms. The van der Waals surface area contributed by atoms with E-state index in [1.165, 1.54) is 57.9 Å². The van der Waals surface area contributed by atoms with Crippen molar-refractivity contribution in [2.75, 3.05) is 19.7 Å². The van der Waals surface area contributed by atoms with Gasteiger partial charge < -0.3 is 10.4 Å². The van der Waals surface area contributed by atoms with Crippen LogP contribution in [0.2, 0.25) is 0 Å². The van der Waals surface area contributed by atoms with Gasteiger partial charge >= 0.3 is 0 Å². The average Bonchev–Trinajstić information content (AvgIpc) is 2.41. The minimum Gasteiger partial charge on any atom is -0.396 e. The van der Waals surface area contributed by atoms with Gasteiger partial charge in [0, 0.05) is 6.61 Å². The van der Waals surface area contributed by atoms with Crippen LogP contribution in [0.25, 0.3) is 0 Å². The summed E-state index contributed by atoms with van der Waals surface area (Å²) in [4.78, 5) is 0. The highest BCUT2D eigenvalue weighted by molar-refractivity contribution is 4.78. The summed E-state index contributed by atoms with van der Waals surface area (Å²) >= 11 is 0. The highest BCUT2D eigenvalue weighted by Crippen LogP contribution is 2.30. The molecule has 0 bridgehead atoms. The highest BCUT2D eigenvalue weighted by Gasteiger charge is 2.24. The van der Waals surface area contributed by atoms with E-state index >= 15 is 0 Å². The molecule has 0 saturated heterocycles. The predicted octanol–water partition coefficient (Wildman–Crippen LogP) is 3.20. The smallest absolute Gasteiger partial charge is 0.0462 e. The van der Waals surface area contributed by atoms with Crippen LogP contribution in [-0.4, -0.2) is 24.8 Å². The number of hydrogen-bond acceptors (Lipinski definition) is 2. The molecule has 0 spiro atoms. The molecular weight excluding hydrogens is 222 g/mol. The largest absolute Gasteiger partial charge is 0.396 e. The summed E-state index contributed by atoms with van der Waals surface area (Å²) in [5.74, 6) is 3.17. The molecule has 2 aliphatic rings. The Morgan fingerprint density at radius 3 is 2.22 bits per heavy atom. The summed E-state index contributed by atoms with van der Waals surface area (Å²) in [5.41, 5.74) is 0. The Balaban J connectivity index is 1.62. The third-order valence-electron chi connectivity index (χ3n) is 5.28. The lowest BCUT2D eigenvalue weighted by Crippen LogP contribution is -2.35. The van der Waals surface area contributed by atoms with E-state index in [9.17, 15) is 5.11 Å². The highest BCUT2D eigenvalue weighted by atomic mass is 16.3. The third-order valence-corrected chi connectivity index (χ3v) is 5.28. The number of aliphatic hydroxyl groups excluding tert-OH is 1. The van der Waals surface area contributed by atoms with E-state index in [0.717, 1.165) is 24.3 Å². The summed E-state index contributed by atoms with van der Waals surface area (Å²) < 4.78 is 0. The van der Waals surface area contributed by atoms with E-state index < -0.39 is 0 Å². The summed E-state index contributed by atoms with van der Waals surface area (Å²) in [7, 11) is 0. The average molecular weight is 253 g/mol. The number of aliphatic hydroxyl groups is 1. The first-order chi connectivity index (χ1) is 8.79. The maximum Gasteiger partial charge on any atom is 0.0462 e. The molecule has 0 aromatic carbocycles. The minimum atomic E-state index is 0.396. The normalized spacial score (nSPS) is 37.7. The Labute approximate surface area is 113 Å². The Bertz CT molecular complexity index is 223. The topological polar surface area (TPSA) is 32.3 Å². The zero-order chi connectivity index (χ0) is 12.8. The number of rotatable bonds is 5. The summed E-state index contributed by atoms with van der Waals surface area (Å²) in [6.45, 7) is 5.13. The van der Waals surface area contributed by atoms with Crippen molar-refractivity contribution in [3.8, 4) is 0 Å². The van der Waals surface area contributed by atoms with Crippen molar-refractivity contribution in [2.45, 2.75) is 58.3 Å². The molecule has 18 heavy (non-hydrogen) atoms. The fourth-order valence-corrected chi connectivity index (χ4v) is 3.80. The molecular formula is C16H31NO. The van der Waals surface area contributed by atoms with Crippen molar-refractivity contribution in [3.63, 3.8) is 0 Å². The van der Waals surface area contributed by atoms with Crippen LogP contribution in [0.4, 0.5) is 0 Å². The van der Waals surface area contributed by atoms with Gasteiger partial charge in [0.25, 0.3) is 0 Å². The lowest BCUT2D eigenvalue weighted by Gasteiger charge is -2.32. The second-order valence-corrected chi connectivity index (χ2v) is 6.77. The molecule has 2 rings (SSSR count). The molecule has 0 aromatic heterocycles. The number of nitrogens with one attached hydrogen (secondary N) is 1. The molecule has 2 unspecified atom stereocenters. The van der Waals surface area contributed by atoms with Crippen molar-refractivity contribution >= 4 is 0 Å². The molecule has 2 atom stereocenters. The number of hydrogen-bond donors (Lipinski definition) is 2. The van der Waals surface area contributed by atoms with Crippen molar-refractivity contribution in [3.05, 3.63) is 0 Å². The Morgan fingerprint density at radius 1 is 0.889 bits per heavy atom. The first kappa shape index (κ1) is 14.3. The third kappa shape index (κ3) is 4.24. The summed E-state index contributed by atoms with van der Waals surface area (Å²) in [6.07, 6.45) is 10.9. The van der Waals surface area contributed by atoms with Crippen molar-refractivity contribution in [2.24, 2.45) is 23.7 Å². The molecule has 2 aliphatic carbocycles. The fraction of sp³-hybridized carbons (Fsp3) is 1.00. The van der Waals surface area contributed by atoms with Gasteiger partial charge in [-0.2, -0.15) is 0 Å². The van der Waals surface area contributed by atoms with Crippen molar-refractivity contribution < 1.29 is 5.11 Å². The summed E-state index contributed by atoms with van der Waals surface area (Å²) in [6, 6.07) is 0. The Kier molecular flexibility index (Phi) is 5.97. The molecule has 2 saturated carbocycles. The predicted molar refractivity (Wildman–Crippen MR) is 76.5 cm³/mol. The quantitative estimate of drug-likeness (QED) is 0.788. The second kappa shape index (κ2) is 7.49. The van der Waals surface area contributed by atoms with Gasteiger partial charge in [0.2, 0.25) is 0 Å². The lowest BCUT2D eigenvalue weighted by molar-refractivity contribution is 0.131. The maximum atomic E-state index is 9.41. The van der Waals surface area contributed by atoms with Crippen LogP contribution >= 0.6 is 0 Å². The van der Waals surface area contributed by atoms with Crippen LogP contribution in [0.15, 0.2) is 0 Å². The van der Waals surface area contributed by atoms with Crippen molar-refractivity contribution in [1.82, 2.24) is 5.32 Å². The molecule has 0 amide bonds. The molecule has 2 nitrogen and oxygen atoms in total. The summed E-state index contributed by atoms with van der Waals surface area (Å²) in [5, 5.41) is 13.1. The molecule has 106 valence electrons. The van der Waals surface area contributed by atoms with Gasteiger partial charge in [-0.25, -0.2) is 0 Å². The van der Waals surface area contributed by atoms with Gasteiger partial charge in [0.15, 0.2) is 0 Å². The molecule has 2 fully saturated rings. The zero-order valence-corrected chi connectivity index (χ0v) is 12.0. The van der Waals surface area contributed by atoms with Crippen LogP contribution in [0.3, 0.4) is 0 Å². The van der Waals surface area contributed by atoms with Gasteiger partial charge in [0.1, 0.15) is 0 Å². The standard InChI is InChI=1S/C16H31NO/c1-13-6-8-14(9-7-13)10-17-11-15-4-2-3-5-16(15)12-18/h13-18H,2-12H2,1H3. The SMILES string of the molecule is CC1CCC(CNCC2CCCCC2CO)CC1. The van der Waals surface area contributed by atoms with E-state index in [4.69, 9.17) is 0 Å². The fourth-order valence-electron chi connectivity index (χ4n) is 3.80. The Morgan fingerprint density at radius 2 is 1.56 bits per heavy atom. The van der Waals surface area contributed by atoms with Crippen LogP contribution in [-0.2, 0) is 0 Å².